The number of thioether (sulfide) groups is 1. The van der Waals surface area contributed by atoms with Gasteiger partial charge in [0.25, 0.3) is 0 Å². The molecule has 0 atom stereocenters. The van der Waals surface area contributed by atoms with Crippen molar-refractivity contribution < 1.29 is 9.90 Å². The van der Waals surface area contributed by atoms with E-state index in [2.05, 4.69) is 6.92 Å². The second-order valence-corrected chi connectivity index (χ2v) is 8.73. The van der Waals surface area contributed by atoms with Crippen LogP contribution in [-0.4, -0.2) is 34.9 Å². The molecule has 0 aliphatic carbocycles. The monoisotopic (exact) mass is 408 g/mol. The number of amides is 2. The Labute approximate surface area is 176 Å². The summed E-state index contributed by atoms with van der Waals surface area (Å²) in [5.74, 6) is 1.40. The molecule has 2 amide bonds. The van der Waals surface area contributed by atoms with Gasteiger partial charge in [-0.3, -0.25) is 0 Å². The van der Waals surface area contributed by atoms with E-state index in [1.54, 1.807) is 12.1 Å². The lowest BCUT2D eigenvalue weighted by atomic mass is 10.1. The molecule has 0 aromatic heterocycles. The predicted octanol–water partition coefficient (Wildman–Crippen LogP) is 6.57. The van der Waals surface area contributed by atoms with Crippen molar-refractivity contribution >= 4 is 17.8 Å². The summed E-state index contributed by atoms with van der Waals surface area (Å²) in [6.07, 6.45) is 14.7. The van der Waals surface area contributed by atoms with Gasteiger partial charge in [-0.15, -0.1) is 11.8 Å². The van der Waals surface area contributed by atoms with Crippen molar-refractivity contribution in [3.8, 4) is 5.75 Å². The van der Waals surface area contributed by atoms with Crippen molar-refractivity contribution in [2.75, 3.05) is 18.8 Å². The molecule has 4 nitrogen and oxygen atoms in total. The van der Waals surface area contributed by atoms with Crippen molar-refractivity contribution in [2.24, 2.45) is 5.73 Å². The van der Waals surface area contributed by atoms with Gasteiger partial charge in [0.1, 0.15) is 5.75 Å². The number of carbonyl (C=O) groups is 1. The summed E-state index contributed by atoms with van der Waals surface area (Å²) < 4.78 is 0. The van der Waals surface area contributed by atoms with E-state index in [4.69, 9.17) is 5.73 Å². The molecule has 0 unspecified atom stereocenters. The number of phenols is 1. The van der Waals surface area contributed by atoms with Gasteiger partial charge in [0.05, 0.1) is 0 Å². The Balaban J connectivity index is 1.99. The quantitative estimate of drug-likeness (QED) is 0.226. The zero-order valence-electron chi connectivity index (χ0n) is 17.7. The summed E-state index contributed by atoms with van der Waals surface area (Å²) in [7, 11) is 0. The van der Waals surface area contributed by atoms with Crippen LogP contribution in [0.2, 0.25) is 0 Å². The molecular formula is C23H40N2O2S. The van der Waals surface area contributed by atoms with Crippen molar-refractivity contribution in [3.05, 3.63) is 24.3 Å². The minimum Gasteiger partial charge on any atom is -0.508 e. The second kappa shape index (κ2) is 16.6. The lowest BCUT2D eigenvalue weighted by molar-refractivity contribution is 0.205. The van der Waals surface area contributed by atoms with Crippen LogP contribution >= 0.6 is 11.8 Å². The van der Waals surface area contributed by atoms with E-state index in [9.17, 15) is 9.90 Å². The van der Waals surface area contributed by atoms with Gasteiger partial charge in [-0.25, -0.2) is 4.79 Å². The number of benzene rings is 1. The van der Waals surface area contributed by atoms with E-state index in [-0.39, 0.29) is 6.03 Å². The lowest BCUT2D eigenvalue weighted by Crippen LogP contribution is -2.37. The number of unbranched alkanes of at least 4 members (excludes halogenated alkanes) is 10. The Hall–Kier alpha value is -1.36. The molecule has 0 radical (unpaired) electrons. The number of rotatable bonds is 17. The topological polar surface area (TPSA) is 66.6 Å². The fraction of sp³-hybridized carbons (Fsp3) is 0.696. The van der Waals surface area contributed by atoms with Crippen LogP contribution in [0.5, 0.6) is 5.75 Å². The highest BCUT2D eigenvalue weighted by molar-refractivity contribution is 7.99. The third-order valence-corrected chi connectivity index (χ3v) is 6.12. The van der Waals surface area contributed by atoms with E-state index in [0.717, 1.165) is 38.1 Å². The van der Waals surface area contributed by atoms with E-state index in [0.29, 0.717) is 5.75 Å². The van der Waals surface area contributed by atoms with Gasteiger partial charge in [0.2, 0.25) is 0 Å². The van der Waals surface area contributed by atoms with Crippen LogP contribution in [0.4, 0.5) is 4.79 Å². The van der Waals surface area contributed by atoms with E-state index in [1.807, 2.05) is 28.8 Å². The number of hydrogen-bond donors (Lipinski definition) is 2. The zero-order valence-corrected chi connectivity index (χ0v) is 18.5. The van der Waals surface area contributed by atoms with Crippen LogP contribution in [0.25, 0.3) is 0 Å². The van der Waals surface area contributed by atoms with E-state index >= 15 is 0 Å². The summed E-state index contributed by atoms with van der Waals surface area (Å²) in [5, 5.41) is 9.28. The smallest absolute Gasteiger partial charge is 0.314 e. The standard InChI is InChI=1S/C23H40N2O2S/c1-2-3-4-5-6-7-8-11-18-25(23(24)27)19-12-9-10-13-20-28-22-16-14-21(26)15-17-22/h14-17,26H,2-13,18-20H2,1H3,(H2,24,27). The number of aromatic hydroxyl groups is 1. The summed E-state index contributed by atoms with van der Waals surface area (Å²) in [6, 6.07) is 7.10. The molecule has 28 heavy (non-hydrogen) atoms. The van der Waals surface area contributed by atoms with Gasteiger partial charge >= 0.3 is 6.03 Å². The summed E-state index contributed by atoms with van der Waals surface area (Å²) in [6.45, 7) is 3.84. The molecule has 0 heterocycles. The highest BCUT2D eigenvalue weighted by Crippen LogP contribution is 2.22. The van der Waals surface area contributed by atoms with Gasteiger partial charge in [-0.1, -0.05) is 64.7 Å². The van der Waals surface area contributed by atoms with Gasteiger partial charge in [-0.2, -0.15) is 0 Å². The molecule has 0 spiro atoms. The van der Waals surface area contributed by atoms with Crippen LogP contribution in [-0.2, 0) is 0 Å². The van der Waals surface area contributed by atoms with Crippen LogP contribution in [0, 0.1) is 0 Å². The number of carbonyl (C=O) groups excluding carboxylic acids is 1. The maximum absolute atomic E-state index is 11.6. The van der Waals surface area contributed by atoms with Crippen molar-refractivity contribution in [3.63, 3.8) is 0 Å². The van der Waals surface area contributed by atoms with Crippen molar-refractivity contribution in [1.29, 1.82) is 0 Å². The van der Waals surface area contributed by atoms with Crippen LogP contribution in [0.1, 0.15) is 84.0 Å². The largest absolute Gasteiger partial charge is 0.508 e. The molecule has 1 rings (SSSR count). The van der Waals surface area contributed by atoms with Crippen LogP contribution < -0.4 is 5.73 Å². The molecule has 3 N–H and O–H groups in total. The van der Waals surface area contributed by atoms with Crippen LogP contribution in [0.15, 0.2) is 29.2 Å². The minimum atomic E-state index is -0.272. The Morgan fingerprint density at radius 3 is 1.89 bits per heavy atom. The van der Waals surface area contributed by atoms with Gasteiger partial charge in [-0.05, 0) is 49.3 Å². The summed E-state index contributed by atoms with van der Waals surface area (Å²) in [4.78, 5) is 14.6. The Morgan fingerprint density at radius 2 is 1.36 bits per heavy atom. The second-order valence-electron chi connectivity index (χ2n) is 7.56. The van der Waals surface area contributed by atoms with E-state index < -0.39 is 0 Å². The third kappa shape index (κ3) is 12.9. The van der Waals surface area contributed by atoms with Gasteiger partial charge < -0.3 is 15.7 Å². The Morgan fingerprint density at radius 1 is 0.857 bits per heavy atom. The SMILES string of the molecule is CCCCCCCCCCN(CCCCCCSc1ccc(O)cc1)C(N)=O. The van der Waals surface area contributed by atoms with E-state index in [1.165, 1.54) is 62.7 Å². The number of hydrogen-bond acceptors (Lipinski definition) is 3. The highest BCUT2D eigenvalue weighted by atomic mass is 32.2. The minimum absolute atomic E-state index is 0.272. The molecule has 0 aliphatic heterocycles. The first kappa shape index (κ1) is 24.7. The first-order chi connectivity index (χ1) is 13.6. The van der Waals surface area contributed by atoms with Crippen LogP contribution in [0.3, 0.4) is 0 Å². The average Bonchev–Trinajstić information content (AvgIpc) is 2.68. The fourth-order valence-corrected chi connectivity index (χ4v) is 4.17. The number of nitrogens with two attached hydrogens (primary N) is 1. The van der Waals surface area contributed by atoms with Crippen molar-refractivity contribution in [2.45, 2.75) is 88.9 Å². The number of phenolic OH excluding ortho intramolecular Hbond substituents is 1. The molecular weight excluding hydrogens is 368 g/mol. The van der Waals surface area contributed by atoms with Gasteiger partial charge in [0, 0.05) is 18.0 Å². The van der Waals surface area contributed by atoms with Crippen molar-refractivity contribution in [1.82, 2.24) is 4.90 Å². The lowest BCUT2D eigenvalue weighted by Gasteiger charge is -2.20. The molecule has 0 aliphatic rings. The Kier molecular flexibility index (Phi) is 14.6. The Bertz CT molecular complexity index is 508. The molecule has 0 saturated heterocycles. The molecule has 0 fully saturated rings. The maximum Gasteiger partial charge on any atom is 0.314 e. The predicted molar refractivity (Wildman–Crippen MR) is 121 cm³/mol. The molecule has 0 saturated carbocycles. The fourth-order valence-electron chi connectivity index (χ4n) is 3.26. The average molecular weight is 409 g/mol. The number of urea groups is 1. The molecule has 0 bridgehead atoms. The molecule has 160 valence electrons. The highest BCUT2D eigenvalue weighted by Gasteiger charge is 2.08. The third-order valence-electron chi connectivity index (χ3n) is 5.02. The number of nitrogens with zero attached hydrogens (tertiary/aromatic N) is 1. The number of primary amides is 1. The zero-order chi connectivity index (χ0) is 20.5. The normalized spacial score (nSPS) is 10.9. The molecule has 1 aromatic carbocycles. The summed E-state index contributed by atoms with van der Waals surface area (Å²) >= 11 is 1.82. The molecule has 5 heteroatoms. The maximum atomic E-state index is 11.6. The summed E-state index contributed by atoms with van der Waals surface area (Å²) in [5.41, 5.74) is 5.54. The van der Waals surface area contributed by atoms with Gasteiger partial charge in [0.15, 0.2) is 0 Å². The molecule has 1 aromatic rings. The first-order valence-corrected chi connectivity index (χ1v) is 12.1. The first-order valence-electron chi connectivity index (χ1n) is 11.1.